The van der Waals surface area contributed by atoms with Gasteiger partial charge in [-0.2, -0.15) is 0 Å². The Morgan fingerprint density at radius 2 is 1.68 bits per heavy atom. The van der Waals surface area contributed by atoms with Crippen molar-refractivity contribution < 1.29 is 24.2 Å². The van der Waals surface area contributed by atoms with E-state index in [1.807, 2.05) is 9.47 Å². The number of nitrogens with zero attached hydrogens (tertiary/aromatic N) is 5. The SMILES string of the molecule is CCCCN(CCCC)C(=O)c1cn(CCN2CCN(C)CC2)c(-c2ccc(C(=O)OC)cc2C(=O)O)n1. The zero-order valence-corrected chi connectivity index (χ0v) is 23.1. The number of hydrogen-bond donors (Lipinski definition) is 1. The van der Waals surface area contributed by atoms with E-state index < -0.39 is 11.9 Å². The molecule has 1 aliphatic rings. The molecule has 0 spiro atoms. The lowest BCUT2D eigenvalue weighted by molar-refractivity contribution is 0.0600. The Morgan fingerprint density at radius 3 is 2.26 bits per heavy atom. The molecule has 3 rings (SSSR count). The van der Waals surface area contributed by atoms with Crippen LogP contribution in [0.25, 0.3) is 11.4 Å². The minimum atomic E-state index is -1.18. The van der Waals surface area contributed by atoms with Crippen LogP contribution in [0.5, 0.6) is 0 Å². The van der Waals surface area contributed by atoms with Crippen molar-refractivity contribution in [2.45, 2.75) is 46.1 Å². The highest BCUT2D eigenvalue weighted by Crippen LogP contribution is 2.26. The van der Waals surface area contributed by atoms with Crippen molar-refractivity contribution in [2.24, 2.45) is 0 Å². The number of aromatic nitrogens is 2. The van der Waals surface area contributed by atoms with E-state index in [0.29, 0.717) is 36.7 Å². The average molecular weight is 528 g/mol. The van der Waals surface area contributed by atoms with E-state index in [2.05, 4.69) is 30.7 Å². The van der Waals surface area contributed by atoms with Gasteiger partial charge in [0.05, 0.1) is 18.2 Å². The molecule has 0 bridgehead atoms. The number of carbonyl (C=O) groups excluding carboxylic acids is 2. The Bertz CT molecular complexity index is 1100. The molecule has 1 fully saturated rings. The van der Waals surface area contributed by atoms with Crippen LogP contribution in [-0.2, 0) is 11.3 Å². The fraction of sp³-hybridized carbons (Fsp3) is 0.571. The summed E-state index contributed by atoms with van der Waals surface area (Å²) in [6.45, 7) is 10.7. The number of ether oxygens (including phenoxy) is 1. The number of imidazole rings is 1. The van der Waals surface area contributed by atoms with Gasteiger partial charge in [-0.1, -0.05) is 26.7 Å². The van der Waals surface area contributed by atoms with Gasteiger partial charge in [0, 0.05) is 64.1 Å². The lowest BCUT2D eigenvalue weighted by Crippen LogP contribution is -2.45. The predicted octanol–water partition coefficient (Wildman–Crippen LogP) is 3.32. The van der Waals surface area contributed by atoms with E-state index >= 15 is 0 Å². The first-order valence-corrected chi connectivity index (χ1v) is 13.5. The normalized spacial score (nSPS) is 14.4. The summed E-state index contributed by atoms with van der Waals surface area (Å²) < 4.78 is 6.65. The number of amides is 1. The number of rotatable bonds is 13. The number of esters is 1. The molecule has 1 aromatic heterocycles. The van der Waals surface area contributed by atoms with Crippen LogP contribution in [-0.4, -0.2) is 107 Å². The zero-order chi connectivity index (χ0) is 27.7. The molecule has 10 heteroatoms. The van der Waals surface area contributed by atoms with Crippen LogP contribution < -0.4 is 0 Å². The first-order chi connectivity index (χ1) is 18.3. The van der Waals surface area contributed by atoms with Crippen molar-refractivity contribution >= 4 is 17.8 Å². The molecule has 38 heavy (non-hydrogen) atoms. The zero-order valence-electron chi connectivity index (χ0n) is 23.1. The molecular weight excluding hydrogens is 486 g/mol. The van der Waals surface area contributed by atoms with Crippen LogP contribution in [0.2, 0.25) is 0 Å². The third-order valence-electron chi connectivity index (χ3n) is 7.01. The number of benzene rings is 1. The van der Waals surface area contributed by atoms with E-state index in [0.717, 1.165) is 58.4 Å². The molecule has 1 aliphatic heterocycles. The minimum Gasteiger partial charge on any atom is -0.478 e. The Morgan fingerprint density at radius 1 is 1.03 bits per heavy atom. The fourth-order valence-corrected chi connectivity index (χ4v) is 4.56. The van der Waals surface area contributed by atoms with Gasteiger partial charge in [0.15, 0.2) is 0 Å². The molecule has 2 aromatic rings. The molecule has 0 saturated carbocycles. The van der Waals surface area contributed by atoms with Gasteiger partial charge >= 0.3 is 11.9 Å². The molecule has 0 unspecified atom stereocenters. The largest absolute Gasteiger partial charge is 0.478 e. The number of methoxy groups -OCH3 is 1. The second-order valence-electron chi connectivity index (χ2n) is 9.84. The number of unbranched alkanes of at least 4 members (excludes halogenated alkanes) is 2. The van der Waals surface area contributed by atoms with Crippen LogP contribution in [0, 0.1) is 0 Å². The molecule has 2 heterocycles. The fourth-order valence-electron chi connectivity index (χ4n) is 4.56. The second kappa shape index (κ2) is 14.1. The molecular formula is C28H41N5O5. The number of aromatic carboxylic acids is 1. The number of carboxylic acids is 1. The molecule has 1 amide bonds. The summed E-state index contributed by atoms with van der Waals surface area (Å²) in [5, 5.41) is 9.98. The summed E-state index contributed by atoms with van der Waals surface area (Å²) in [5.41, 5.74) is 0.744. The summed E-state index contributed by atoms with van der Waals surface area (Å²) in [4.78, 5) is 49.0. The Kier molecular flexibility index (Phi) is 10.8. The van der Waals surface area contributed by atoms with E-state index in [9.17, 15) is 19.5 Å². The topological polar surface area (TPSA) is 108 Å². The van der Waals surface area contributed by atoms with Crippen molar-refractivity contribution in [1.29, 1.82) is 0 Å². The Labute approximate surface area is 225 Å². The van der Waals surface area contributed by atoms with Crippen molar-refractivity contribution in [3.8, 4) is 11.4 Å². The van der Waals surface area contributed by atoms with E-state index in [1.165, 1.54) is 19.2 Å². The molecule has 1 N–H and O–H groups in total. The van der Waals surface area contributed by atoms with Gasteiger partial charge in [0.25, 0.3) is 5.91 Å². The Hall–Kier alpha value is -3.24. The average Bonchev–Trinajstić information content (AvgIpc) is 3.35. The van der Waals surface area contributed by atoms with E-state index in [4.69, 9.17) is 9.72 Å². The molecule has 208 valence electrons. The highest BCUT2D eigenvalue weighted by molar-refractivity contribution is 6.00. The Balaban J connectivity index is 2.00. The van der Waals surface area contributed by atoms with Gasteiger partial charge in [0.1, 0.15) is 11.5 Å². The first-order valence-electron chi connectivity index (χ1n) is 13.5. The number of carboxylic acid groups (broad SMARTS) is 1. The van der Waals surface area contributed by atoms with Crippen LogP contribution in [0.1, 0.15) is 70.7 Å². The monoisotopic (exact) mass is 527 g/mol. The van der Waals surface area contributed by atoms with E-state index in [1.54, 1.807) is 12.3 Å². The van der Waals surface area contributed by atoms with Crippen molar-refractivity contribution in [1.82, 2.24) is 24.3 Å². The summed E-state index contributed by atoms with van der Waals surface area (Å²) in [6, 6.07) is 4.41. The van der Waals surface area contributed by atoms with Crippen LogP contribution in [0.3, 0.4) is 0 Å². The maximum absolute atomic E-state index is 13.6. The molecule has 1 aromatic carbocycles. The highest BCUT2D eigenvalue weighted by atomic mass is 16.5. The van der Waals surface area contributed by atoms with Crippen molar-refractivity contribution in [3.63, 3.8) is 0 Å². The van der Waals surface area contributed by atoms with Gasteiger partial charge in [-0.15, -0.1) is 0 Å². The van der Waals surface area contributed by atoms with Crippen molar-refractivity contribution in [2.75, 3.05) is 60.0 Å². The molecule has 0 aliphatic carbocycles. The third-order valence-corrected chi connectivity index (χ3v) is 7.01. The van der Waals surface area contributed by atoms with Gasteiger partial charge in [0.2, 0.25) is 0 Å². The van der Waals surface area contributed by atoms with E-state index in [-0.39, 0.29) is 17.0 Å². The molecule has 0 atom stereocenters. The quantitative estimate of drug-likeness (QED) is 0.395. The van der Waals surface area contributed by atoms with Crippen LogP contribution in [0.4, 0.5) is 0 Å². The van der Waals surface area contributed by atoms with Crippen molar-refractivity contribution in [3.05, 3.63) is 41.2 Å². The summed E-state index contributed by atoms with van der Waals surface area (Å²) in [6.07, 6.45) is 5.53. The number of piperazine rings is 1. The summed E-state index contributed by atoms with van der Waals surface area (Å²) in [7, 11) is 3.36. The number of hydrogen-bond acceptors (Lipinski definition) is 7. The molecule has 10 nitrogen and oxygen atoms in total. The lowest BCUT2D eigenvalue weighted by atomic mass is 10.0. The molecule has 0 radical (unpaired) electrons. The van der Waals surface area contributed by atoms with Gasteiger partial charge in [-0.25, -0.2) is 14.6 Å². The lowest BCUT2D eigenvalue weighted by Gasteiger charge is -2.32. The smallest absolute Gasteiger partial charge is 0.337 e. The van der Waals surface area contributed by atoms with Gasteiger partial charge < -0.3 is 24.2 Å². The highest BCUT2D eigenvalue weighted by Gasteiger charge is 2.25. The maximum atomic E-state index is 13.6. The van der Waals surface area contributed by atoms with Gasteiger partial charge in [-0.3, -0.25) is 9.69 Å². The third kappa shape index (κ3) is 7.41. The second-order valence-corrected chi connectivity index (χ2v) is 9.84. The molecule has 1 saturated heterocycles. The van der Waals surface area contributed by atoms with Crippen LogP contribution >= 0.6 is 0 Å². The first kappa shape index (κ1) is 29.3. The maximum Gasteiger partial charge on any atom is 0.337 e. The summed E-state index contributed by atoms with van der Waals surface area (Å²) >= 11 is 0. The standard InChI is InChI=1S/C28H41N5O5/c1-5-7-11-32(12-8-6-2)26(34)24-20-33(18-17-31-15-13-30(3)14-16-31)25(29-24)22-10-9-21(28(37)38-4)19-23(22)27(35)36/h9-10,19-20H,5-8,11-18H2,1-4H3,(H,35,36). The van der Waals surface area contributed by atoms with Crippen LogP contribution in [0.15, 0.2) is 24.4 Å². The van der Waals surface area contributed by atoms with Gasteiger partial charge in [-0.05, 0) is 38.1 Å². The number of carbonyl (C=O) groups is 3. The predicted molar refractivity (Wildman–Crippen MR) is 146 cm³/mol. The summed E-state index contributed by atoms with van der Waals surface area (Å²) in [5.74, 6) is -1.53. The number of likely N-dealkylation sites (N-methyl/N-ethyl adjacent to an activating group) is 1. The minimum absolute atomic E-state index is 0.0628.